The number of pyridine rings is 1. The first kappa shape index (κ1) is 11.8. The van der Waals surface area contributed by atoms with Gasteiger partial charge < -0.3 is 10.4 Å². The average Bonchev–Trinajstić information content (AvgIpc) is 2.36. The van der Waals surface area contributed by atoms with Gasteiger partial charge >= 0.3 is 0 Å². The molecule has 17 heavy (non-hydrogen) atoms. The second kappa shape index (κ2) is 5.12. The van der Waals surface area contributed by atoms with E-state index in [9.17, 15) is 4.79 Å². The molecule has 0 saturated heterocycles. The van der Waals surface area contributed by atoms with E-state index in [0.717, 1.165) is 5.39 Å². The number of amides is 1. The highest BCUT2D eigenvalue weighted by Crippen LogP contribution is 2.23. The van der Waals surface area contributed by atoms with Crippen molar-refractivity contribution in [1.29, 1.82) is 0 Å². The molecule has 5 heteroatoms. The summed E-state index contributed by atoms with van der Waals surface area (Å²) in [6.07, 6.45) is 1.56. The van der Waals surface area contributed by atoms with Gasteiger partial charge in [-0.1, -0.05) is 23.7 Å². The van der Waals surface area contributed by atoms with Crippen molar-refractivity contribution in [3.63, 3.8) is 0 Å². The number of hydrogen-bond acceptors (Lipinski definition) is 3. The molecule has 0 atom stereocenters. The summed E-state index contributed by atoms with van der Waals surface area (Å²) in [5, 5.41) is 12.6. The monoisotopic (exact) mass is 250 g/mol. The molecule has 2 rings (SSSR count). The lowest BCUT2D eigenvalue weighted by molar-refractivity contribution is 0.0946. The number of fused-ring (bicyclic) bond motifs is 1. The highest BCUT2D eigenvalue weighted by Gasteiger charge is 2.11. The van der Waals surface area contributed by atoms with Crippen molar-refractivity contribution in [3.8, 4) is 0 Å². The quantitative estimate of drug-likeness (QED) is 0.870. The van der Waals surface area contributed by atoms with Crippen molar-refractivity contribution in [2.24, 2.45) is 0 Å². The number of nitrogens with zero attached hydrogens (tertiary/aromatic N) is 1. The van der Waals surface area contributed by atoms with Crippen LogP contribution >= 0.6 is 11.6 Å². The summed E-state index contributed by atoms with van der Waals surface area (Å²) in [6, 6.07) is 6.93. The molecule has 0 bridgehead atoms. The lowest BCUT2D eigenvalue weighted by Gasteiger charge is -2.06. The predicted molar refractivity (Wildman–Crippen MR) is 66.2 cm³/mol. The van der Waals surface area contributed by atoms with E-state index in [-0.39, 0.29) is 19.1 Å². The second-order valence-electron chi connectivity index (χ2n) is 3.47. The van der Waals surface area contributed by atoms with Gasteiger partial charge in [-0.15, -0.1) is 0 Å². The Kier molecular flexibility index (Phi) is 3.56. The van der Waals surface area contributed by atoms with Gasteiger partial charge in [-0.3, -0.25) is 9.78 Å². The van der Waals surface area contributed by atoms with Crippen LogP contribution in [0.25, 0.3) is 10.9 Å². The summed E-state index contributed by atoms with van der Waals surface area (Å²) in [4.78, 5) is 16.0. The van der Waals surface area contributed by atoms with Gasteiger partial charge in [0.25, 0.3) is 5.91 Å². The number of aliphatic hydroxyl groups is 1. The van der Waals surface area contributed by atoms with E-state index in [2.05, 4.69) is 10.3 Å². The third-order valence-electron chi connectivity index (χ3n) is 2.36. The molecule has 0 unspecified atom stereocenters. The Morgan fingerprint density at radius 2 is 2.24 bits per heavy atom. The van der Waals surface area contributed by atoms with Crippen LogP contribution in [0.4, 0.5) is 0 Å². The van der Waals surface area contributed by atoms with E-state index < -0.39 is 0 Å². The van der Waals surface area contributed by atoms with Crippen LogP contribution in [0, 0.1) is 0 Å². The molecule has 0 aliphatic carbocycles. The molecule has 0 spiro atoms. The van der Waals surface area contributed by atoms with Gasteiger partial charge in [0.1, 0.15) is 0 Å². The first-order chi connectivity index (χ1) is 8.24. The maximum Gasteiger partial charge on any atom is 0.253 e. The second-order valence-corrected chi connectivity index (χ2v) is 3.88. The van der Waals surface area contributed by atoms with Crippen LogP contribution in [0.15, 0.2) is 30.5 Å². The Labute approximate surface area is 103 Å². The maximum atomic E-state index is 11.8. The summed E-state index contributed by atoms with van der Waals surface area (Å²) < 4.78 is 0. The van der Waals surface area contributed by atoms with Crippen LogP contribution in [-0.4, -0.2) is 29.1 Å². The fourth-order valence-electron chi connectivity index (χ4n) is 1.59. The Bertz CT molecular complexity index is 557. The number of carbonyl (C=O) groups is 1. The fourth-order valence-corrected chi connectivity index (χ4v) is 1.80. The number of hydrogen-bond donors (Lipinski definition) is 2. The normalized spacial score (nSPS) is 10.5. The number of nitrogens with one attached hydrogen (secondary N) is 1. The topological polar surface area (TPSA) is 62.2 Å². The lowest BCUT2D eigenvalue weighted by atomic mass is 10.1. The minimum Gasteiger partial charge on any atom is -0.395 e. The number of carbonyl (C=O) groups excluding carboxylic acids is 1. The Morgan fingerprint density at radius 3 is 3.00 bits per heavy atom. The van der Waals surface area contributed by atoms with Crippen LogP contribution in [0.2, 0.25) is 5.02 Å². The highest BCUT2D eigenvalue weighted by atomic mass is 35.5. The Hall–Kier alpha value is -1.65. The summed E-state index contributed by atoms with van der Waals surface area (Å²) in [6.45, 7) is 0.125. The zero-order chi connectivity index (χ0) is 12.3. The maximum absolute atomic E-state index is 11.8. The lowest BCUT2D eigenvalue weighted by Crippen LogP contribution is -2.26. The molecule has 2 aromatic rings. The van der Waals surface area contributed by atoms with E-state index in [1.807, 2.05) is 6.07 Å². The van der Waals surface area contributed by atoms with Gasteiger partial charge in [-0.25, -0.2) is 0 Å². The third kappa shape index (κ3) is 2.38. The Balaban J connectivity index is 2.47. The van der Waals surface area contributed by atoms with E-state index in [0.29, 0.717) is 16.1 Å². The number of benzene rings is 1. The van der Waals surface area contributed by atoms with Crippen LogP contribution in [0.3, 0.4) is 0 Å². The standard InChI is InChI=1S/C12H11ClN2O2/c13-10-4-5-14-11-8(10)2-1-3-9(11)12(17)15-6-7-16/h1-5,16H,6-7H2,(H,15,17). The van der Waals surface area contributed by atoms with E-state index in [1.54, 1.807) is 24.4 Å². The molecule has 2 N–H and O–H groups in total. The van der Waals surface area contributed by atoms with Crippen molar-refractivity contribution in [2.75, 3.05) is 13.2 Å². The van der Waals surface area contributed by atoms with Gasteiger partial charge in [0, 0.05) is 18.1 Å². The molecular formula is C12H11ClN2O2. The summed E-state index contributed by atoms with van der Waals surface area (Å²) in [5.74, 6) is -0.264. The SMILES string of the molecule is O=C(NCCO)c1cccc2c(Cl)ccnc12. The Morgan fingerprint density at radius 1 is 1.41 bits per heavy atom. The molecule has 4 nitrogen and oxygen atoms in total. The van der Waals surface area contributed by atoms with Crippen molar-refractivity contribution < 1.29 is 9.90 Å². The van der Waals surface area contributed by atoms with E-state index >= 15 is 0 Å². The average molecular weight is 251 g/mol. The van der Waals surface area contributed by atoms with Crippen molar-refractivity contribution in [3.05, 3.63) is 41.0 Å². The summed E-state index contributed by atoms with van der Waals surface area (Å²) in [5.41, 5.74) is 1.02. The first-order valence-corrected chi connectivity index (χ1v) is 5.54. The van der Waals surface area contributed by atoms with Gasteiger partial charge in [0.2, 0.25) is 0 Å². The largest absolute Gasteiger partial charge is 0.395 e. The molecule has 0 saturated carbocycles. The molecule has 1 aromatic carbocycles. The van der Waals surface area contributed by atoms with Crippen molar-refractivity contribution in [2.45, 2.75) is 0 Å². The first-order valence-electron chi connectivity index (χ1n) is 5.16. The van der Waals surface area contributed by atoms with Gasteiger partial charge in [-0.2, -0.15) is 0 Å². The van der Waals surface area contributed by atoms with Gasteiger partial charge in [0.05, 0.1) is 22.7 Å². The van der Waals surface area contributed by atoms with Gasteiger partial charge in [-0.05, 0) is 12.1 Å². The molecule has 1 aromatic heterocycles. The van der Waals surface area contributed by atoms with Gasteiger partial charge in [0.15, 0.2) is 0 Å². The minimum absolute atomic E-state index is 0.0926. The zero-order valence-corrected chi connectivity index (χ0v) is 9.74. The molecule has 0 fully saturated rings. The number of para-hydroxylation sites is 1. The van der Waals surface area contributed by atoms with Crippen molar-refractivity contribution >= 4 is 28.4 Å². The predicted octanol–water partition coefficient (Wildman–Crippen LogP) is 1.61. The van der Waals surface area contributed by atoms with E-state index in [4.69, 9.17) is 16.7 Å². The van der Waals surface area contributed by atoms with Crippen LogP contribution < -0.4 is 5.32 Å². The fraction of sp³-hybridized carbons (Fsp3) is 0.167. The van der Waals surface area contributed by atoms with Crippen LogP contribution in [-0.2, 0) is 0 Å². The van der Waals surface area contributed by atoms with Crippen LogP contribution in [0.1, 0.15) is 10.4 Å². The molecule has 1 amide bonds. The van der Waals surface area contributed by atoms with Crippen molar-refractivity contribution in [1.82, 2.24) is 10.3 Å². The number of aromatic nitrogens is 1. The molecule has 0 radical (unpaired) electrons. The third-order valence-corrected chi connectivity index (χ3v) is 2.69. The number of aliphatic hydroxyl groups excluding tert-OH is 1. The van der Waals surface area contributed by atoms with E-state index in [1.165, 1.54) is 0 Å². The number of rotatable bonds is 3. The molecule has 0 aliphatic rings. The zero-order valence-electron chi connectivity index (χ0n) is 8.98. The van der Waals surface area contributed by atoms with Crippen LogP contribution in [0.5, 0.6) is 0 Å². The molecular weight excluding hydrogens is 240 g/mol. The minimum atomic E-state index is -0.264. The number of halogens is 1. The smallest absolute Gasteiger partial charge is 0.253 e. The summed E-state index contributed by atoms with van der Waals surface area (Å²) >= 11 is 6.03. The molecule has 88 valence electrons. The summed E-state index contributed by atoms with van der Waals surface area (Å²) in [7, 11) is 0. The highest BCUT2D eigenvalue weighted by molar-refractivity contribution is 6.35. The molecule has 0 aliphatic heterocycles. The molecule has 1 heterocycles.